The molecule has 1 amide bonds. The van der Waals surface area contributed by atoms with E-state index in [4.69, 9.17) is 10.5 Å². The van der Waals surface area contributed by atoms with Crippen LogP contribution >= 0.6 is 0 Å². The predicted molar refractivity (Wildman–Crippen MR) is 88.0 cm³/mol. The molecule has 1 fully saturated rings. The number of amides is 1. The van der Waals surface area contributed by atoms with Gasteiger partial charge in [0.15, 0.2) is 0 Å². The highest BCUT2D eigenvalue weighted by atomic mass is 16.5. The molecule has 0 atom stereocenters. The van der Waals surface area contributed by atoms with Crippen molar-refractivity contribution >= 4 is 11.6 Å². The maximum atomic E-state index is 12.2. The Labute approximate surface area is 135 Å². The SMILES string of the molecule is Cc1ccc(OCC2(C)CN(C(=O)Cn3cc(N)cn3)C2)cc1. The van der Waals surface area contributed by atoms with Gasteiger partial charge in [-0.1, -0.05) is 24.6 Å². The lowest BCUT2D eigenvalue weighted by molar-refractivity contribution is -0.145. The van der Waals surface area contributed by atoms with Crippen LogP contribution in [0.25, 0.3) is 0 Å². The Balaban J connectivity index is 1.47. The molecule has 1 aromatic heterocycles. The number of carbonyl (C=O) groups excluding carboxylic acids is 1. The number of ether oxygens (including phenoxy) is 1. The Morgan fingerprint density at radius 3 is 2.65 bits per heavy atom. The van der Waals surface area contributed by atoms with Crippen LogP contribution in [0.3, 0.4) is 0 Å². The number of likely N-dealkylation sites (tertiary alicyclic amines) is 1. The second kappa shape index (κ2) is 5.95. The number of nitrogens with two attached hydrogens (primary N) is 1. The van der Waals surface area contributed by atoms with E-state index in [1.165, 1.54) is 5.56 Å². The lowest BCUT2D eigenvalue weighted by Gasteiger charge is -2.47. The second-order valence-electron chi connectivity index (χ2n) is 6.63. The van der Waals surface area contributed by atoms with E-state index in [1.807, 2.05) is 36.1 Å². The highest BCUT2D eigenvalue weighted by Gasteiger charge is 2.41. The molecule has 1 aliphatic rings. The van der Waals surface area contributed by atoms with Crippen LogP contribution in [0.2, 0.25) is 0 Å². The van der Waals surface area contributed by atoms with Crippen molar-refractivity contribution in [3.05, 3.63) is 42.2 Å². The first-order valence-electron chi connectivity index (χ1n) is 7.69. The fourth-order valence-electron chi connectivity index (χ4n) is 2.74. The van der Waals surface area contributed by atoms with Crippen LogP contribution in [0.1, 0.15) is 12.5 Å². The number of carbonyl (C=O) groups is 1. The molecule has 0 saturated carbocycles. The van der Waals surface area contributed by atoms with Gasteiger partial charge in [0, 0.05) is 24.7 Å². The number of nitrogen functional groups attached to an aromatic ring is 1. The van der Waals surface area contributed by atoms with Gasteiger partial charge in [-0.05, 0) is 19.1 Å². The van der Waals surface area contributed by atoms with Crippen molar-refractivity contribution in [1.29, 1.82) is 0 Å². The van der Waals surface area contributed by atoms with Crippen LogP contribution < -0.4 is 10.5 Å². The summed E-state index contributed by atoms with van der Waals surface area (Å²) in [5, 5.41) is 4.04. The summed E-state index contributed by atoms with van der Waals surface area (Å²) in [5.41, 5.74) is 7.38. The number of hydrogen-bond acceptors (Lipinski definition) is 4. The number of nitrogens with zero attached hydrogens (tertiary/aromatic N) is 3. The zero-order chi connectivity index (χ0) is 16.4. The van der Waals surface area contributed by atoms with Crippen LogP contribution in [-0.2, 0) is 11.3 Å². The van der Waals surface area contributed by atoms with E-state index >= 15 is 0 Å². The second-order valence-corrected chi connectivity index (χ2v) is 6.63. The van der Waals surface area contributed by atoms with Crippen molar-refractivity contribution in [3.8, 4) is 5.75 Å². The van der Waals surface area contributed by atoms with Gasteiger partial charge < -0.3 is 15.4 Å². The Bertz CT molecular complexity index is 687. The first-order chi connectivity index (χ1) is 10.9. The van der Waals surface area contributed by atoms with Crippen LogP contribution in [0.5, 0.6) is 5.75 Å². The van der Waals surface area contributed by atoms with Gasteiger partial charge in [0.1, 0.15) is 12.3 Å². The van der Waals surface area contributed by atoms with Gasteiger partial charge in [-0.3, -0.25) is 9.48 Å². The third kappa shape index (κ3) is 3.64. The van der Waals surface area contributed by atoms with Crippen LogP contribution in [0.15, 0.2) is 36.7 Å². The Kier molecular flexibility index (Phi) is 3.98. The van der Waals surface area contributed by atoms with Crippen molar-refractivity contribution in [3.63, 3.8) is 0 Å². The molecule has 0 bridgehead atoms. The van der Waals surface area contributed by atoms with E-state index in [2.05, 4.69) is 12.0 Å². The molecule has 3 rings (SSSR count). The molecule has 1 saturated heterocycles. The number of aromatic nitrogens is 2. The van der Waals surface area contributed by atoms with E-state index < -0.39 is 0 Å². The number of anilines is 1. The lowest BCUT2D eigenvalue weighted by Crippen LogP contribution is -2.60. The first-order valence-corrected chi connectivity index (χ1v) is 7.69. The van der Waals surface area contributed by atoms with Crippen LogP contribution in [0.4, 0.5) is 5.69 Å². The van der Waals surface area contributed by atoms with Gasteiger partial charge in [-0.15, -0.1) is 0 Å². The minimum atomic E-state index is 0.00366. The highest BCUT2D eigenvalue weighted by Crippen LogP contribution is 2.31. The summed E-state index contributed by atoms with van der Waals surface area (Å²) in [6, 6.07) is 8.01. The van der Waals surface area contributed by atoms with Crippen LogP contribution in [0, 0.1) is 12.3 Å². The highest BCUT2D eigenvalue weighted by molar-refractivity contribution is 5.77. The van der Waals surface area contributed by atoms with Gasteiger partial charge in [-0.2, -0.15) is 5.10 Å². The van der Waals surface area contributed by atoms with Gasteiger partial charge in [-0.25, -0.2) is 0 Å². The molecular weight excluding hydrogens is 292 g/mol. The van der Waals surface area contributed by atoms with E-state index in [-0.39, 0.29) is 17.9 Å². The topological polar surface area (TPSA) is 73.4 Å². The lowest BCUT2D eigenvalue weighted by atomic mass is 9.83. The van der Waals surface area contributed by atoms with Gasteiger partial charge in [0.05, 0.1) is 18.5 Å². The van der Waals surface area contributed by atoms with E-state index in [9.17, 15) is 4.79 Å². The van der Waals surface area contributed by atoms with Gasteiger partial charge >= 0.3 is 0 Å². The van der Waals surface area contributed by atoms with Crippen LogP contribution in [-0.4, -0.2) is 40.3 Å². The monoisotopic (exact) mass is 314 g/mol. The Hall–Kier alpha value is -2.50. The molecule has 1 aliphatic heterocycles. The van der Waals surface area contributed by atoms with Crippen molar-refractivity contribution in [2.75, 3.05) is 25.4 Å². The molecule has 122 valence electrons. The quantitative estimate of drug-likeness (QED) is 0.911. The van der Waals surface area contributed by atoms with Gasteiger partial charge in [0.2, 0.25) is 5.91 Å². The molecular formula is C17H22N4O2. The molecule has 0 aliphatic carbocycles. The molecule has 2 heterocycles. The average molecular weight is 314 g/mol. The standard InChI is InChI=1S/C17H22N4O2/c1-13-3-5-15(6-4-13)23-12-17(2)10-20(11-17)16(22)9-21-8-14(18)7-19-21/h3-8H,9-12,18H2,1-2H3. The molecule has 0 radical (unpaired) electrons. The predicted octanol–water partition coefficient (Wildman–Crippen LogP) is 1.70. The first kappa shape index (κ1) is 15.4. The van der Waals surface area contributed by atoms with Crippen molar-refractivity contribution < 1.29 is 9.53 Å². The molecule has 23 heavy (non-hydrogen) atoms. The maximum absolute atomic E-state index is 12.2. The smallest absolute Gasteiger partial charge is 0.244 e. The summed E-state index contributed by atoms with van der Waals surface area (Å²) in [5.74, 6) is 0.925. The molecule has 2 N–H and O–H groups in total. The fourth-order valence-corrected chi connectivity index (χ4v) is 2.74. The fraction of sp³-hybridized carbons (Fsp3) is 0.412. The number of benzene rings is 1. The number of hydrogen-bond donors (Lipinski definition) is 1. The minimum Gasteiger partial charge on any atom is -0.493 e. The summed E-state index contributed by atoms with van der Waals surface area (Å²) in [7, 11) is 0. The third-order valence-corrected chi connectivity index (χ3v) is 4.06. The van der Waals surface area contributed by atoms with Crippen molar-refractivity contribution in [1.82, 2.24) is 14.7 Å². The molecule has 2 aromatic rings. The summed E-state index contributed by atoms with van der Waals surface area (Å²) in [4.78, 5) is 14.0. The van der Waals surface area contributed by atoms with E-state index in [0.717, 1.165) is 5.75 Å². The molecule has 0 unspecified atom stereocenters. The zero-order valence-electron chi connectivity index (χ0n) is 13.5. The third-order valence-electron chi connectivity index (χ3n) is 4.06. The summed E-state index contributed by atoms with van der Waals surface area (Å²) >= 11 is 0. The molecule has 1 aromatic carbocycles. The summed E-state index contributed by atoms with van der Waals surface area (Å²) < 4.78 is 7.41. The Morgan fingerprint density at radius 1 is 1.35 bits per heavy atom. The average Bonchev–Trinajstić information content (AvgIpc) is 2.89. The van der Waals surface area contributed by atoms with E-state index in [0.29, 0.717) is 25.4 Å². The summed E-state index contributed by atoms with van der Waals surface area (Å²) in [6.45, 7) is 6.42. The van der Waals surface area contributed by atoms with Crippen molar-refractivity contribution in [2.45, 2.75) is 20.4 Å². The van der Waals surface area contributed by atoms with E-state index in [1.54, 1.807) is 17.1 Å². The molecule has 6 nitrogen and oxygen atoms in total. The number of aryl methyl sites for hydroxylation is 1. The normalized spacial score (nSPS) is 16.0. The Morgan fingerprint density at radius 2 is 2.04 bits per heavy atom. The maximum Gasteiger partial charge on any atom is 0.244 e. The molecule has 0 spiro atoms. The molecule has 6 heteroatoms. The van der Waals surface area contributed by atoms with Crippen molar-refractivity contribution in [2.24, 2.45) is 5.41 Å². The zero-order valence-corrected chi connectivity index (χ0v) is 13.5. The van der Waals surface area contributed by atoms with Gasteiger partial charge in [0.25, 0.3) is 0 Å². The number of rotatable bonds is 5. The summed E-state index contributed by atoms with van der Waals surface area (Å²) in [6.07, 6.45) is 3.21. The minimum absolute atomic E-state index is 0.00366. The largest absolute Gasteiger partial charge is 0.493 e.